The average Bonchev–Trinajstić information content (AvgIpc) is 2.54. The van der Waals surface area contributed by atoms with Crippen molar-refractivity contribution in [2.24, 2.45) is 9.98 Å². The topological polar surface area (TPSA) is 54.2 Å². The van der Waals surface area contributed by atoms with Gasteiger partial charge in [0.25, 0.3) is 0 Å². The second kappa shape index (κ2) is 8.17. The lowest BCUT2D eigenvalue weighted by Crippen LogP contribution is -2.16. The quantitative estimate of drug-likeness (QED) is 0.428. The van der Waals surface area contributed by atoms with Crippen LogP contribution in [-0.2, 0) is 0 Å². The van der Waals surface area contributed by atoms with Gasteiger partial charge in [-0.15, -0.1) is 13.2 Å². The Morgan fingerprint density at radius 2 is 1.85 bits per heavy atom. The third-order valence-corrected chi connectivity index (χ3v) is 4.39. The number of rotatable bonds is 5. The van der Waals surface area contributed by atoms with Gasteiger partial charge in [0.1, 0.15) is 5.75 Å². The molecule has 0 heterocycles. The van der Waals surface area contributed by atoms with Crippen molar-refractivity contribution in [3.05, 3.63) is 39.5 Å². The van der Waals surface area contributed by atoms with Crippen LogP contribution in [0, 0.1) is 3.57 Å². The van der Waals surface area contributed by atoms with Gasteiger partial charge in [0.05, 0.1) is 17.5 Å². The Morgan fingerprint density at radius 3 is 2.31 bits per heavy atom. The molecule has 0 radical (unpaired) electrons. The molecular formula is C18H16F3IN2O2. The van der Waals surface area contributed by atoms with Gasteiger partial charge in [-0.05, 0) is 66.9 Å². The summed E-state index contributed by atoms with van der Waals surface area (Å²) in [6, 6.07) is 7.29. The monoisotopic (exact) mass is 476 g/mol. The minimum Gasteiger partial charge on any atom is -0.406 e. The normalized spacial score (nSPS) is 13.0. The fourth-order valence-corrected chi connectivity index (χ4v) is 3.53. The molecule has 138 valence electrons. The van der Waals surface area contributed by atoms with Crippen LogP contribution in [0.5, 0.6) is 5.75 Å². The SMILES string of the molecule is C=Nc1c(/N=C\C)c(-c2ccc(OC(F)(F)F)cc2)cc(I)c1C(C)O. The van der Waals surface area contributed by atoms with E-state index >= 15 is 0 Å². The summed E-state index contributed by atoms with van der Waals surface area (Å²) in [7, 11) is 0. The third kappa shape index (κ3) is 4.61. The van der Waals surface area contributed by atoms with Crippen LogP contribution in [0.4, 0.5) is 24.5 Å². The highest BCUT2D eigenvalue weighted by Gasteiger charge is 2.31. The number of hydrogen-bond donors (Lipinski definition) is 1. The van der Waals surface area contributed by atoms with Crippen LogP contribution < -0.4 is 4.74 Å². The van der Waals surface area contributed by atoms with E-state index in [1.54, 1.807) is 26.1 Å². The number of nitrogens with zero attached hydrogens (tertiary/aromatic N) is 2. The van der Waals surface area contributed by atoms with E-state index in [1.807, 2.05) is 0 Å². The molecule has 0 aromatic heterocycles. The molecular weight excluding hydrogens is 460 g/mol. The molecule has 1 atom stereocenters. The molecule has 0 amide bonds. The molecule has 1 unspecified atom stereocenters. The van der Waals surface area contributed by atoms with Crippen molar-refractivity contribution >= 4 is 46.9 Å². The highest BCUT2D eigenvalue weighted by molar-refractivity contribution is 14.1. The highest BCUT2D eigenvalue weighted by Crippen LogP contribution is 2.45. The van der Waals surface area contributed by atoms with Crippen molar-refractivity contribution in [1.82, 2.24) is 0 Å². The van der Waals surface area contributed by atoms with Crippen LogP contribution in [-0.4, -0.2) is 24.4 Å². The van der Waals surface area contributed by atoms with E-state index in [2.05, 4.69) is 44.0 Å². The number of halogens is 4. The number of aliphatic hydroxyl groups is 1. The van der Waals surface area contributed by atoms with E-state index in [9.17, 15) is 18.3 Å². The van der Waals surface area contributed by atoms with Gasteiger partial charge in [0, 0.05) is 20.9 Å². The molecule has 0 saturated carbocycles. The number of ether oxygens (including phenoxy) is 1. The first-order chi connectivity index (χ1) is 12.2. The number of alkyl halides is 3. The van der Waals surface area contributed by atoms with Crippen molar-refractivity contribution in [2.75, 3.05) is 0 Å². The van der Waals surface area contributed by atoms with Crippen LogP contribution in [0.25, 0.3) is 11.1 Å². The summed E-state index contributed by atoms with van der Waals surface area (Å²) >= 11 is 2.07. The summed E-state index contributed by atoms with van der Waals surface area (Å²) in [6.45, 7) is 6.92. The van der Waals surface area contributed by atoms with E-state index in [1.165, 1.54) is 24.3 Å². The largest absolute Gasteiger partial charge is 0.573 e. The van der Waals surface area contributed by atoms with Gasteiger partial charge >= 0.3 is 6.36 Å². The predicted molar refractivity (Wildman–Crippen MR) is 105 cm³/mol. The van der Waals surface area contributed by atoms with E-state index in [0.717, 1.165) is 3.57 Å². The van der Waals surface area contributed by atoms with Crippen molar-refractivity contribution < 1.29 is 23.0 Å². The van der Waals surface area contributed by atoms with Crippen molar-refractivity contribution in [3.8, 4) is 16.9 Å². The van der Waals surface area contributed by atoms with Gasteiger partial charge in [-0.2, -0.15) is 0 Å². The first-order valence-electron chi connectivity index (χ1n) is 7.54. The summed E-state index contributed by atoms with van der Waals surface area (Å²) in [6.07, 6.45) is -3.94. The number of hydrogen-bond acceptors (Lipinski definition) is 4. The molecule has 4 nitrogen and oxygen atoms in total. The van der Waals surface area contributed by atoms with Crippen LogP contribution >= 0.6 is 22.6 Å². The maximum atomic E-state index is 12.3. The van der Waals surface area contributed by atoms with Crippen LogP contribution in [0.15, 0.2) is 40.3 Å². The van der Waals surface area contributed by atoms with Crippen LogP contribution in [0.3, 0.4) is 0 Å². The number of benzene rings is 2. The number of aliphatic hydroxyl groups excluding tert-OH is 1. The van der Waals surface area contributed by atoms with E-state index < -0.39 is 12.5 Å². The Balaban J connectivity index is 2.62. The molecule has 0 bridgehead atoms. The molecule has 0 saturated heterocycles. The lowest BCUT2D eigenvalue weighted by atomic mass is 9.97. The van der Waals surface area contributed by atoms with E-state index in [0.29, 0.717) is 28.1 Å². The summed E-state index contributed by atoms with van der Waals surface area (Å²) < 4.78 is 41.6. The maximum Gasteiger partial charge on any atom is 0.573 e. The average molecular weight is 476 g/mol. The Hall–Kier alpha value is -1.94. The molecule has 0 spiro atoms. The van der Waals surface area contributed by atoms with E-state index in [-0.39, 0.29) is 5.75 Å². The fraction of sp³-hybridized carbons (Fsp3) is 0.222. The van der Waals surface area contributed by atoms with Gasteiger partial charge in [-0.25, -0.2) is 0 Å². The Morgan fingerprint density at radius 1 is 1.23 bits per heavy atom. The summed E-state index contributed by atoms with van der Waals surface area (Å²) in [5.74, 6) is -0.306. The van der Waals surface area contributed by atoms with Gasteiger partial charge in [0.2, 0.25) is 0 Å². The summed E-state index contributed by atoms with van der Waals surface area (Å²) in [4.78, 5) is 8.36. The lowest BCUT2D eigenvalue weighted by molar-refractivity contribution is -0.274. The Labute approximate surface area is 162 Å². The second-order valence-corrected chi connectivity index (χ2v) is 6.47. The highest BCUT2D eigenvalue weighted by atomic mass is 127. The Bertz CT molecular complexity index is 832. The smallest absolute Gasteiger partial charge is 0.406 e. The molecule has 0 aliphatic heterocycles. The lowest BCUT2D eigenvalue weighted by Gasteiger charge is -2.17. The zero-order valence-electron chi connectivity index (χ0n) is 14.0. The van der Waals surface area contributed by atoms with Crippen LogP contribution in [0.2, 0.25) is 0 Å². The maximum absolute atomic E-state index is 12.3. The first kappa shape index (κ1) is 20.4. The number of aliphatic imine (C=N–C) groups is 2. The Kier molecular flexibility index (Phi) is 6.40. The third-order valence-electron chi connectivity index (χ3n) is 3.50. The van der Waals surface area contributed by atoms with Crippen molar-refractivity contribution in [3.63, 3.8) is 0 Å². The molecule has 0 aliphatic rings. The van der Waals surface area contributed by atoms with Crippen LogP contribution in [0.1, 0.15) is 25.5 Å². The molecule has 0 fully saturated rings. The molecule has 2 aromatic rings. The van der Waals surface area contributed by atoms with Gasteiger partial charge < -0.3 is 9.84 Å². The molecule has 8 heteroatoms. The zero-order chi connectivity index (χ0) is 19.5. The summed E-state index contributed by atoms with van der Waals surface area (Å²) in [5.41, 5.74) is 2.83. The van der Waals surface area contributed by atoms with Crippen molar-refractivity contribution in [1.29, 1.82) is 0 Å². The fourth-order valence-electron chi connectivity index (χ4n) is 2.51. The molecule has 1 N–H and O–H groups in total. The van der Waals surface area contributed by atoms with Gasteiger partial charge in [-0.3, -0.25) is 9.98 Å². The zero-order valence-corrected chi connectivity index (χ0v) is 16.2. The molecule has 0 aliphatic carbocycles. The summed E-state index contributed by atoms with van der Waals surface area (Å²) in [5, 5.41) is 10.0. The standard InChI is InChI=1S/C18H16F3IN2O2/c1-4-24-16-13(9-14(22)15(10(2)25)17(16)23-3)11-5-7-12(8-6-11)26-18(19,20)21/h4-10,25H,3H2,1-2H3/b24-4-. The van der Waals surface area contributed by atoms with Gasteiger partial charge in [-0.1, -0.05) is 12.1 Å². The molecule has 2 aromatic carbocycles. The first-order valence-corrected chi connectivity index (χ1v) is 8.61. The van der Waals surface area contributed by atoms with E-state index in [4.69, 9.17) is 0 Å². The van der Waals surface area contributed by atoms with Gasteiger partial charge in [0.15, 0.2) is 0 Å². The molecule has 2 rings (SSSR count). The predicted octanol–water partition coefficient (Wildman–Crippen LogP) is 5.96. The molecule has 26 heavy (non-hydrogen) atoms. The second-order valence-electron chi connectivity index (χ2n) is 5.31. The minimum atomic E-state index is -4.74. The van der Waals surface area contributed by atoms with Crippen molar-refractivity contribution in [2.45, 2.75) is 26.3 Å². The minimum absolute atomic E-state index is 0.306.